The van der Waals surface area contributed by atoms with Gasteiger partial charge in [0, 0.05) is 16.5 Å². The monoisotopic (exact) mass is 655 g/mol. The lowest BCUT2D eigenvalue weighted by Crippen LogP contribution is -2.26. The van der Waals surface area contributed by atoms with Crippen LogP contribution in [0.3, 0.4) is 0 Å². The third-order valence-electron chi connectivity index (χ3n) is 8.21. The number of esters is 1. The van der Waals surface area contributed by atoms with Gasteiger partial charge in [0.1, 0.15) is 5.00 Å². The number of thiophene rings is 1. The minimum absolute atomic E-state index is 0.105. The molecular formula is C32H41N5O6S2. The van der Waals surface area contributed by atoms with E-state index in [9.17, 15) is 14.4 Å². The molecule has 2 amide bonds. The Bertz CT molecular complexity index is 1510. The average molecular weight is 656 g/mol. The van der Waals surface area contributed by atoms with Gasteiger partial charge in [-0.3, -0.25) is 9.59 Å². The number of carbonyl (C=O) groups is 3. The summed E-state index contributed by atoms with van der Waals surface area (Å²) in [4.78, 5) is 40.4. The predicted octanol–water partition coefficient (Wildman–Crippen LogP) is 5.97. The summed E-state index contributed by atoms with van der Waals surface area (Å²) in [7, 11) is 3.07. The predicted molar refractivity (Wildman–Crippen MR) is 174 cm³/mol. The van der Waals surface area contributed by atoms with Crippen LogP contribution in [0.5, 0.6) is 11.5 Å². The molecule has 0 unspecified atom stereocenters. The summed E-state index contributed by atoms with van der Waals surface area (Å²) in [6.45, 7) is 2.25. The van der Waals surface area contributed by atoms with E-state index >= 15 is 0 Å². The van der Waals surface area contributed by atoms with Gasteiger partial charge in [-0.25, -0.2) is 4.79 Å². The maximum absolute atomic E-state index is 13.3. The smallest absolute Gasteiger partial charge is 0.341 e. The Morgan fingerprint density at radius 2 is 1.76 bits per heavy atom. The van der Waals surface area contributed by atoms with Crippen molar-refractivity contribution in [3.8, 4) is 11.5 Å². The summed E-state index contributed by atoms with van der Waals surface area (Å²) in [5.41, 5.74) is 1.97. The molecule has 11 nitrogen and oxygen atoms in total. The van der Waals surface area contributed by atoms with E-state index in [2.05, 4.69) is 25.4 Å². The second-order valence-corrected chi connectivity index (χ2v) is 13.2. The zero-order chi connectivity index (χ0) is 31.8. The van der Waals surface area contributed by atoms with Crippen molar-refractivity contribution >= 4 is 45.9 Å². The molecule has 0 bridgehead atoms. The minimum atomic E-state index is -0.378. The first-order chi connectivity index (χ1) is 21.9. The second kappa shape index (κ2) is 15.6. The zero-order valence-corrected chi connectivity index (χ0v) is 27.7. The highest BCUT2D eigenvalue weighted by molar-refractivity contribution is 7.99. The van der Waals surface area contributed by atoms with Crippen LogP contribution >= 0.6 is 23.1 Å². The van der Waals surface area contributed by atoms with Crippen molar-refractivity contribution in [2.75, 3.05) is 31.9 Å². The van der Waals surface area contributed by atoms with Gasteiger partial charge in [-0.15, -0.1) is 21.5 Å². The third-order valence-corrected chi connectivity index (χ3v) is 10.4. The first kappa shape index (κ1) is 32.8. The van der Waals surface area contributed by atoms with E-state index in [1.54, 1.807) is 32.2 Å². The van der Waals surface area contributed by atoms with E-state index < -0.39 is 0 Å². The quantitative estimate of drug-likeness (QED) is 0.138. The molecule has 0 saturated heterocycles. The summed E-state index contributed by atoms with van der Waals surface area (Å²) in [6.07, 6.45) is 10.3. The molecule has 242 valence electrons. The van der Waals surface area contributed by atoms with Gasteiger partial charge in [-0.2, -0.15) is 0 Å². The highest BCUT2D eigenvalue weighted by Crippen LogP contribution is 2.38. The molecule has 2 aromatic heterocycles. The van der Waals surface area contributed by atoms with E-state index in [0.29, 0.717) is 38.6 Å². The van der Waals surface area contributed by atoms with E-state index in [1.165, 1.54) is 36.6 Å². The molecule has 2 heterocycles. The Kier molecular flexibility index (Phi) is 11.4. The number of rotatable bonds is 12. The number of thioether (sulfide) groups is 1. The number of hydrogen-bond donors (Lipinski definition) is 2. The highest BCUT2D eigenvalue weighted by Gasteiger charge is 2.28. The van der Waals surface area contributed by atoms with Crippen LogP contribution in [-0.2, 0) is 28.9 Å². The molecule has 13 heteroatoms. The number of ether oxygens (including phenoxy) is 3. The van der Waals surface area contributed by atoms with Gasteiger partial charge < -0.3 is 29.4 Å². The van der Waals surface area contributed by atoms with Crippen LogP contribution < -0.4 is 20.1 Å². The number of methoxy groups -OCH3 is 2. The van der Waals surface area contributed by atoms with Crippen molar-refractivity contribution < 1.29 is 28.6 Å². The molecular weight excluding hydrogens is 615 g/mol. The van der Waals surface area contributed by atoms with Crippen LogP contribution in [-0.4, -0.2) is 59.1 Å². The fourth-order valence-corrected chi connectivity index (χ4v) is 8.13. The highest BCUT2D eigenvalue weighted by atomic mass is 32.2. The Balaban J connectivity index is 1.29. The number of amides is 2. The molecule has 0 spiro atoms. The molecule has 1 fully saturated rings. The summed E-state index contributed by atoms with van der Waals surface area (Å²) >= 11 is 2.80. The number of nitrogens with one attached hydrogen (secondary N) is 2. The van der Waals surface area contributed by atoms with Crippen LogP contribution in [0, 0.1) is 0 Å². The van der Waals surface area contributed by atoms with Crippen LogP contribution in [0.2, 0.25) is 0 Å². The van der Waals surface area contributed by atoms with Gasteiger partial charge in [-0.1, -0.05) is 37.4 Å². The van der Waals surface area contributed by atoms with Gasteiger partial charge >= 0.3 is 5.97 Å². The normalized spacial score (nSPS) is 15.1. The fourth-order valence-electron chi connectivity index (χ4n) is 6.01. The van der Waals surface area contributed by atoms with Gasteiger partial charge in [0.2, 0.25) is 5.91 Å². The number of benzene rings is 1. The third kappa shape index (κ3) is 7.81. The standard InChI is InChI=1S/C32H41N5O6S2/c1-4-43-31(40)28-22-13-9-6-10-14-25(22)45-30(28)34-27(38)19-44-32-36-35-26(37(32)21-11-7-5-8-12-21)18-33-29(39)20-15-16-23(41-2)24(17-20)42-3/h15-17,21H,4-14,18-19H2,1-3H3,(H,33,39)(H,34,38). The van der Waals surface area contributed by atoms with Gasteiger partial charge in [0.15, 0.2) is 22.5 Å². The van der Waals surface area contributed by atoms with E-state index in [0.717, 1.165) is 68.2 Å². The fraction of sp³-hybridized carbons (Fsp3) is 0.531. The number of nitrogens with zero attached hydrogens (tertiary/aromatic N) is 3. The molecule has 2 aliphatic rings. The van der Waals surface area contributed by atoms with Crippen molar-refractivity contribution in [3.63, 3.8) is 0 Å². The van der Waals surface area contributed by atoms with Crippen LogP contribution in [0.25, 0.3) is 0 Å². The molecule has 2 aliphatic carbocycles. The molecule has 3 aromatic rings. The summed E-state index contributed by atoms with van der Waals surface area (Å²) in [5.74, 6) is 0.899. The van der Waals surface area contributed by atoms with Crippen LogP contribution in [0.15, 0.2) is 23.4 Å². The van der Waals surface area contributed by atoms with Crippen molar-refractivity contribution in [2.24, 2.45) is 0 Å². The minimum Gasteiger partial charge on any atom is -0.493 e. The lowest BCUT2D eigenvalue weighted by molar-refractivity contribution is -0.113. The first-order valence-corrected chi connectivity index (χ1v) is 17.4. The number of carbonyl (C=O) groups excluding carboxylic acids is 3. The summed E-state index contributed by atoms with van der Waals surface area (Å²) in [6, 6.07) is 5.21. The Hall–Kier alpha value is -3.58. The largest absolute Gasteiger partial charge is 0.493 e. The maximum atomic E-state index is 13.3. The Morgan fingerprint density at radius 3 is 2.51 bits per heavy atom. The number of anilines is 1. The lowest BCUT2D eigenvalue weighted by atomic mass is 9.95. The van der Waals surface area contributed by atoms with E-state index in [-0.39, 0.29) is 42.7 Å². The first-order valence-electron chi connectivity index (χ1n) is 15.6. The number of aromatic nitrogens is 3. The molecule has 0 atom stereocenters. The molecule has 2 N–H and O–H groups in total. The van der Waals surface area contributed by atoms with Crippen molar-refractivity contribution in [3.05, 3.63) is 45.6 Å². The molecule has 5 rings (SSSR count). The maximum Gasteiger partial charge on any atom is 0.341 e. The molecule has 0 aliphatic heterocycles. The SMILES string of the molecule is CCOC(=O)c1c(NC(=O)CSc2nnc(CNC(=O)c3ccc(OC)c(OC)c3)n2C2CCCCC2)sc2c1CCCCC2. The number of fused-ring (bicyclic) bond motifs is 1. The Morgan fingerprint density at radius 1 is 1.00 bits per heavy atom. The number of hydrogen-bond acceptors (Lipinski definition) is 10. The Labute approximate surface area is 271 Å². The van der Waals surface area contributed by atoms with E-state index in [1.807, 2.05) is 0 Å². The van der Waals surface area contributed by atoms with Crippen LogP contribution in [0.4, 0.5) is 5.00 Å². The topological polar surface area (TPSA) is 134 Å². The van der Waals surface area contributed by atoms with Crippen molar-refractivity contribution in [1.29, 1.82) is 0 Å². The molecule has 45 heavy (non-hydrogen) atoms. The van der Waals surface area contributed by atoms with Gasteiger partial charge in [0.25, 0.3) is 5.91 Å². The second-order valence-electron chi connectivity index (χ2n) is 11.1. The summed E-state index contributed by atoms with van der Waals surface area (Å²) < 4.78 is 18.1. The molecule has 1 saturated carbocycles. The number of aryl methyl sites for hydroxylation is 1. The van der Waals surface area contributed by atoms with Gasteiger partial charge in [-0.05, 0) is 69.2 Å². The van der Waals surface area contributed by atoms with Crippen LogP contribution in [0.1, 0.15) is 101 Å². The lowest BCUT2D eigenvalue weighted by Gasteiger charge is -2.25. The van der Waals surface area contributed by atoms with Crippen molar-refractivity contribution in [2.45, 2.75) is 88.9 Å². The molecule has 0 radical (unpaired) electrons. The van der Waals surface area contributed by atoms with Crippen molar-refractivity contribution in [1.82, 2.24) is 20.1 Å². The molecule has 1 aromatic carbocycles. The summed E-state index contributed by atoms with van der Waals surface area (Å²) in [5, 5.41) is 16.0. The van der Waals surface area contributed by atoms with E-state index in [4.69, 9.17) is 14.2 Å². The average Bonchev–Trinajstić information content (AvgIpc) is 3.54. The van der Waals surface area contributed by atoms with Gasteiger partial charge in [0.05, 0.1) is 38.7 Å². The zero-order valence-electron chi connectivity index (χ0n) is 26.1.